The van der Waals surface area contributed by atoms with Gasteiger partial charge < -0.3 is 15.3 Å². The molecule has 1 atom stereocenters. The van der Waals surface area contributed by atoms with E-state index in [1.807, 2.05) is 35.2 Å². The van der Waals surface area contributed by atoms with Crippen molar-refractivity contribution in [2.45, 2.75) is 13.0 Å². The van der Waals surface area contributed by atoms with Gasteiger partial charge in [-0.15, -0.1) is 0 Å². The lowest BCUT2D eigenvalue weighted by atomic mass is 10.0. The molecule has 1 aromatic heterocycles. The van der Waals surface area contributed by atoms with E-state index in [0.29, 0.717) is 50.6 Å². The fraction of sp³-hybridized carbons (Fsp3) is 0.364. The number of hydrogen-bond acceptors (Lipinski definition) is 6. The van der Waals surface area contributed by atoms with Gasteiger partial charge in [-0.1, -0.05) is 30.3 Å². The first-order valence-electron chi connectivity index (χ1n) is 9.92. The summed E-state index contributed by atoms with van der Waals surface area (Å²) in [7, 11) is 0. The van der Waals surface area contributed by atoms with Crippen molar-refractivity contribution in [2.75, 3.05) is 37.6 Å². The molecule has 1 aliphatic heterocycles. The fourth-order valence-corrected chi connectivity index (χ4v) is 3.51. The van der Waals surface area contributed by atoms with Gasteiger partial charge in [-0.3, -0.25) is 14.5 Å². The van der Waals surface area contributed by atoms with E-state index in [1.165, 1.54) is 0 Å². The number of hydrogen-bond donors (Lipinski definition) is 2. The maximum atomic E-state index is 12.2. The number of amides is 1. The number of nitrogens with zero attached hydrogens (tertiary/aromatic N) is 4. The minimum atomic E-state index is -0.969. The highest BCUT2D eigenvalue weighted by molar-refractivity contribution is 5.82. The highest BCUT2D eigenvalue weighted by Crippen LogP contribution is 2.19. The number of anilines is 1. The van der Waals surface area contributed by atoms with Crippen molar-refractivity contribution in [1.82, 2.24) is 15.2 Å². The molecule has 0 saturated carbocycles. The van der Waals surface area contributed by atoms with E-state index in [9.17, 15) is 20.0 Å². The Bertz CT molecular complexity index is 904. The third-order valence-electron chi connectivity index (χ3n) is 5.17. The van der Waals surface area contributed by atoms with Crippen LogP contribution in [-0.2, 0) is 16.1 Å². The van der Waals surface area contributed by atoms with Gasteiger partial charge in [-0.2, -0.15) is 5.26 Å². The van der Waals surface area contributed by atoms with Gasteiger partial charge in [0, 0.05) is 51.9 Å². The predicted molar refractivity (Wildman–Crippen MR) is 112 cm³/mol. The summed E-state index contributed by atoms with van der Waals surface area (Å²) < 4.78 is 0. The van der Waals surface area contributed by atoms with Crippen LogP contribution in [0.2, 0.25) is 0 Å². The Kier molecular flexibility index (Phi) is 7.35. The van der Waals surface area contributed by atoms with E-state index in [2.05, 4.69) is 21.3 Å². The van der Waals surface area contributed by atoms with E-state index in [-0.39, 0.29) is 12.3 Å². The molecule has 2 N–H and O–H groups in total. The minimum Gasteiger partial charge on any atom is -0.481 e. The Morgan fingerprint density at radius 3 is 2.53 bits per heavy atom. The molecule has 2 aromatic rings. The van der Waals surface area contributed by atoms with Crippen LogP contribution in [0.1, 0.15) is 17.5 Å². The van der Waals surface area contributed by atoms with E-state index < -0.39 is 11.9 Å². The van der Waals surface area contributed by atoms with Gasteiger partial charge in [0.25, 0.3) is 0 Å². The van der Waals surface area contributed by atoms with E-state index in [1.54, 1.807) is 18.3 Å². The maximum Gasteiger partial charge on any atom is 0.308 e. The summed E-state index contributed by atoms with van der Waals surface area (Å²) in [6.07, 6.45) is 1.61. The molecule has 0 radical (unpaired) electrons. The van der Waals surface area contributed by atoms with Crippen LogP contribution in [0.5, 0.6) is 0 Å². The Labute approximate surface area is 175 Å². The van der Waals surface area contributed by atoms with Gasteiger partial charge in [0.2, 0.25) is 5.91 Å². The number of carbonyl (C=O) groups is 2. The second-order valence-electron chi connectivity index (χ2n) is 7.28. The van der Waals surface area contributed by atoms with Crippen molar-refractivity contribution in [2.24, 2.45) is 5.92 Å². The van der Waals surface area contributed by atoms with Crippen LogP contribution in [0.3, 0.4) is 0 Å². The first kappa shape index (κ1) is 21.3. The van der Waals surface area contributed by atoms with Crippen LogP contribution < -0.4 is 10.2 Å². The maximum absolute atomic E-state index is 12.2. The average molecular weight is 407 g/mol. The molecule has 3 rings (SSSR count). The number of aliphatic carboxylic acids is 1. The SMILES string of the molecule is N#Cc1cccnc1N1CCN(C[C@H](CC(=O)NCc2ccccc2)C(=O)O)CC1. The van der Waals surface area contributed by atoms with Gasteiger partial charge >= 0.3 is 5.97 Å². The molecule has 2 heterocycles. The number of piperazine rings is 1. The number of carbonyl (C=O) groups excluding carboxylic acids is 1. The minimum absolute atomic E-state index is 0.0544. The smallest absolute Gasteiger partial charge is 0.308 e. The van der Waals surface area contributed by atoms with Gasteiger partial charge in [0.15, 0.2) is 0 Å². The molecule has 1 amide bonds. The molecule has 0 spiro atoms. The molecule has 1 fully saturated rings. The van der Waals surface area contributed by atoms with Crippen LogP contribution >= 0.6 is 0 Å². The number of nitriles is 1. The first-order valence-corrected chi connectivity index (χ1v) is 9.92. The van der Waals surface area contributed by atoms with Crippen molar-refractivity contribution in [3.8, 4) is 6.07 Å². The molecule has 0 unspecified atom stereocenters. The largest absolute Gasteiger partial charge is 0.481 e. The molecule has 0 bridgehead atoms. The predicted octanol–water partition coefficient (Wildman–Crippen LogP) is 1.48. The van der Waals surface area contributed by atoms with Crippen LogP contribution in [0.15, 0.2) is 48.7 Å². The van der Waals surface area contributed by atoms with Gasteiger partial charge in [-0.25, -0.2) is 4.98 Å². The van der Waals surface area contributed by atoms with E-state index in [0.717, 1.165) is 5.56 Å². The fourth-order valence-electron chi connectivity index (χ4n) is 3.51. The lowest BCUT2D eigenvalue weighted by molar-refractivity contribution is -0.144. The van der Waals surface area contributed by atoms with E-state index in [4.69, 9.17) is 0 Å². The zero-order valence-corrected chi connectivity index (χ0v) is 16.7. The van der Waals surface area contributed by atoms with Crippen molar-refractivity contribution < 1.29 is 14.7 Å². The van der Waals surface area contributed by atoms with Gasteiger partial charge in [0.05, 0.1) is 11.5 Å². The molecule has 156 valence electrons. The van der Waals surface area contributed by atoms with Crippen LogP contribution in [0, 0.1) is 17.2 Å². The monoisotopic (exact) mass is 407 g/mol. The second-order valence-corrected chi connectivity index (χ2v) is 7.28. The van der Waals surface area contributed by atoms with Crippen molar-refractivity contribution in [3.05, 3.63) is 59.8 Å². The number of nitrogens with one attached hydrogen (secondary N) is 1. The zero-order chi connectivity index (χ0) is 21.3. The van der Waals surface area contributed by atoms with Gasteiger partial charge in [-0.05, 0) is 17.7 Å². The molecular formula is C22H25N5O3. The molecular weight excluding hydrogens is 382 g/mol. The molecule has 30 heavy (non-hydrogen) atoms. The highest BCUT2D eigenvalue weighted by Gasteiger charge is 2.27. The van der Waals surface area contributed by atoms with Crippen molar-refractivity contribution in [1.29, 1.82) is 5.26 Å². The first-order chi connectivity index (χ1) is 14.6. The Morgan fingerprint density at radius 2 is 1.87 bits per heavy atom. The van der Waals surface area contributed by atoms with Crippen molar-refractivity contribution in [3.63, 3.8) is 0 Å². The Morgan fingerprint density at radius 1 is 1.13 bits per heavy atom. The second kappa shape index (κ2) is 10.4. The summed E-state index contributed by atoms with van der Waals surface area (Å²) >= 11 is 0. The van der Waals surface area contributed by atoms with E-state index >= 15 is 0 Å². The summed E-state index contributed by atoms with van der Waals surface area (Å²) in [4.78, 5) is 32.3. The quantitative estimate of drug-likeness (QED) is 0.682. The van der Waals surface area contributed by atoms with Crippen molar-refractivity contribution >= 4 is 17.7 Å². The average Bonchev–Trinajstić information content (AvgIpc) is 2.78. The topological polar surface area (TPSA) is 110 Å². The van der Waals surface area contributed by atoms with Crippen LogP contribution in [0.4, 0.5) is 5.82 Å². The number of rotatable bonds is 8. The lowest BCUT2D eigenvalue weighted by Crippen LogP contribution is -2.49. The summed E-state index contributed by atoms with van der Waals surface area (Å²) in [6, 6.07) is 15.1. The highest BCUT2D eigenvalue weighted by atomic mass is 16.4. The number of carboxylic acids is 1. The number of benzene rings is 1. The molecule has 8 heteroatoms. The number of carboxylic acid groups (broad SMARTS) is 1. The third-order valence-corrected chi connectivity index (χ3v) is 5.17. The lowest BCUT2D eigenvalue weighted by Gasteiger charge is -2.36. The molecule has 0 aliphatic carbocycles. The third kappa shape index (κ3) is 5.78. The normalized spacial score (nSPS) is 15.2. The Balaban J connectivity index is 1.49. The Hall–Kier alpha value is -3.44. The molecule has 1 aromatic carbocycles. The van der Waals surface area contributed by atoms with Crippen LogP contribution in [0.25, 0.3) is 0 Å². The molecule has 1 saturated heterocycles. The standard InChI is InChI=1S/C22H25N5O3/c23-14-18-7-4-8-24-21(18)27-11-9-26(10-12-27)16-19(22(29)30)13-20(28)25-15-17-5-2-1-3-6-17/h1-8,19H,9-13,15-16H2,(H,25,28)(H,29,30)/t19-/m0/s1. The molecule has 1 aliphatic rings. The number of pyridine rings is 1. The summed E-state index contributed by atoms with van der Waals surface area (Å²) in [6.45, 7) is 3.30. The zero-order valence-electron chi connectivity index (χ0n) is 16.7. The summed E-state index contributed by atoms with van der Waals surface area (Å²) in [5, 5.41) is 21.6. The molecule has 8 nitrogen and oxygen atoms in total. The van der Waals surface area contributed by atoms with Crippen LogP contribution in [-0.4, -0.2) is 59.6 Å². The summed E-state index contributed by atoms with van der Waals surface area (Å²) in [5.74, 6) is -1.34. The summed E-state index contributed by atoms with van der Waals surface area (Å²) in [5.41, 5.74) is 1.50. The van der Waals surface area contributed by atoms with Gasteiger partial charge in [0.1, 0.15) is 11.9 Å². The number of aromatic nitrogens is 1.